The topological polar surface area (TPSA) is 75.5 Å². The molecule has 0 atom stereocenters. The molecule has 1 N–H and O–H groups in total. The summed E-state index contributed by atoms with van der Waals surface area (Å²) in [5.41, 5.74) is 1.95. The molecular weight excluding hydrogens is 354 g/mol. The van der Waals surface area contributed by atoms with E-state index in [2.05, 4.69) is 33.9 Å². The predicted octanol–water partition coefficient (Wildman–Crippen LogP) is 4.81. The number of aromatic nitrogens is 2. The summed E-state index contributed by atoms with van der Waals surface area (Å²) in [5, 5.41) is 9.62. The monoisotopic (exact) mass is 379 g/mol. The highest BCUT2D eigenvalue weighted by Crippen LogP contribution is 2.31. The summed E-state index contributed by atoms with van der Waals surface area (Å²) in [6.45, 7) is 3.44. The Balaban J connectivity index is 1.75. The summed E-state index contributed by atoms with van der Waals surface area (Å²) >= 11 is 0. The average molecular weight is 379 g/mol. The lowest BCUT2D eigenvalue weighted by Gasteiger charge is -2.23. The third-order valence-electron chi connectivity index (χ3n) is 4.53. The van der Waals surface area contributed by atoms with Crippen LogP contribution in [0.4, 0.5) is 11.5 Å². The molecule has 0 spiro atoms. The molecule has 2 aromatic carbocycles. The maximum atomic E-state index is 10.5. The van der Waals surface area contributed by atoms with Crippen LogP contribution in [0.1, 0.15) is 32.6 Å². The van der Waals surface area contributed by atoms with E-state index in [1.54, 1.807) is 6.33 Å². The van der Waals surface area contributed by atoms with Crippen molar-refractivity contribution in [3.63, 3.8) is 0 Å². The fourth-order valence-electron chi connectivity index (χ4n) is 3.13. The normalized spacial score (nSPS) is 10.8. The predicted molar refractivity (Wildman–Crippen MR) is 110 cm³/mol. The number of aliphatic carboxylic acids is 1. The van der Waals surface area contributed by atoms with E-state index >= 15 is 0 Å². The zero-order valence-electron chi connectivity index (χ0n) is 16.0. The van der Waals surface area contributed by atoms with Crippen LogP contribution in [-0.4, -0.2) is 34.2 Å². The van der Waals surface area contributed by atoms with Crippen LogP contribution in [0, 0.1) is 0 Å². The summed E-state index contributed by atoms with van der Waals surface area (Å²) in [4.78, 5) is 21.6. The molecule has 0 amide bonds. The minimum Gasteiger partial charge on any atom is -0.494 e. The van der Waals surface area contributed by atoms with Crippen molar-refractivity contribution in [3.8, 4) is 5.75 Å². The number of ether oxygens (including phenoxy) is 1. The number of carboxylic acid groups (broad SMARTS) is 1. The minimum absolute atomic E-state index is 0.211. The van der Waals surface area contributed by atoms with Gasteiger partial charge in [0.15, 0.2) is 0 Å². The van der Waals surface area contributed by atoms with Gasteiger partial charge in [-0.3, -0.25) is 4.79 Å². The first-order valence-corrected chi connectivity index (χ1v) is 9.61. The van der Waals surface area contributed by atoms with Crippen molar-refractivity contribution in [3.05, 3.63) is 54.9 Å². The molecule has 0 aliphatic heterocycles. The Morgan fingerprint density at radius 1 is 1.07 bits per heavy atom. The molecule has 28 heavy (non-hydrogen) atoms. The number of para-hydroxylation sites is 1. The number of carboxylic acids is 1. The van der Waals surface area contributed by atoms with Crippen LogP contribution >= 0.6 is 0 Å². The van der Waals surface area contributed by atoms with E-state index in [0.29, 0.717) is 13.0 Å². The van der Waals surface area contributed by atoms with Crippen molar-refractivity contribution in [1.82, 2.24) is 9.97 Å². The molecule has 0 unspecified atom stereocenters. The molecule has 6 nitrogen and oxygen atoms in total. The largest absolute Gasteiger partial charge is 0.494 e. The quantitative estimate of drug-likeness (QED) is 0.509. The number of hydrogen-bond donors (Lipinski definition) is 1. The second-order valence-corrected chi connectivity index (χ2v) is 6.51. The van der Waals surface area contributed by atoms with Gasteiger partial charge in [0.05, 0.1) is 12.1 Å². The van der Waals surface area contributed by atoms with Crippen molar-refractivity contribution in [1.29, 1.82) is 0 Å². The van der Waals surface area contributed by atoms with Crippen molar-refractivity contribution in [2.45, 2.75) is 32.6 Å². The second kappa shape index (κ2) is 9.69. The maximum Gasteiger partial charge on any atom is 0.303 e. The van der Waals surface area contributed by atoms with Gasteiger partial charge in [0.1, 0.15) is 17.9 Å². The first-order chi connectivity index (χ1) is 13.7. The third-order valence-corrected chi connectivity index (χ3v) is 4.53. The standard InChI is InChI=1S/C22H25N3O3/c1-2-25(17-9-5-3-6-10-17)22-19-15-18(12-13-20(19)23-16-24-22)28-14-8-4-7-11-21(26)27/h3,5-6,9-10,12-13,15-16H,2,4,7-8,11,14H2,1H3,(H,26,27). The number of hydrogen-bond acceptors (Lipinski definition) is 5. The molecule has 0 radical (unpaired) electrons. The number of rotatable bonds is 10. The summed E-state index contributed by atoms with van der Waals surface area (Å²) in [6.07, 6.45) is 4.15. The lowest BCUT2D eigenvalue weighted by atomic mass is 10.2. The molecule has 0 saturated heterocycles. The molecular formula is C22H25N3O3. The zero-order chi connectivity index (χ0) is 19.8. The molecule has 0 aliphatic rings. The number of nitrogens with zero attached hydrogens (tertiary/aromatic N) is 3. The molecule has 0 fully saturated rings. The first-order valence-electron chi connectivity index (χ1n) is 9.61. The Kier molecular flexibility index (Phi) is 6.78. The summed E-state index contributed by atoms with van der Waals surface area (Å²) < 4.78 is 5.87. The van der Waals surface area contributed by atoms with E-state index in [-0.39, 0.29) is 6.42 Å². The number of benzene rings is 2. The molecule has 6 heteroatoms. The van der Waals surface area contributed by atoms with E-state index in [9.17, 15) is 4.79 Å². The second-order valence-electron chi connectivity index (χ2n) is 6.51. The van der Waals surface area contributed by atoms with Gasteiger partial charge in [-0.25, -0.2) is 9.97 Å². The number of carbonyl (C=O) groups is 1. The van der Waals surface area contributed by atoms with Crippen LogP contribution in [-0.2, 0) is 4.79 Å². The highest BCUT2D eigenvalue weighted by Gasteiger charge is 2.13. The fraction of sp³-hybridized carbons (Fsp3) is 0.318. The van der Waals surface area contributed by atoms with Crippen molar-refractivity contribution < 1.29 is 14.6 Å². The number of unbranched alkanes of at least 4 members (excludes halogenated alkanes) is 2. The van der Waals surface area contributed by atoms with Crippen LogP contribution in [0.5, 0.6) is 5.75 Å². The van der Waals surface area contributed by atoms with Gasteiger partial charge in [-0.1, -0.05) is 18.2 Å². The number of fused-ring (bicyclic) bond motifs is 1. The van der Waals surface area contributed by atoms with Crippen molar-refractivity contribution in [2.75, 3.05) is 18.1 Å². The van der Waals surface area contributed by atoms with E-state index in [0.717, 1.165) is 47.5 Å². The van der Waals surface area contributed by atoms with E-state index in [1.807, 2.05) is 36.4 Å². The van der Waals surface area contributed by atoms with Crippen LogP contribution in [0.25, 0.3) is 10.9 Å². The zero-order valence-corrected chi connectivity index (χ0v) is 16.0. The maximum absolute atomic E-state index is 10.5. The smallest absolute Gasteiger partial charge is 0.303 e. The van der Waals surface area contributed by atoms with Crippen LogP contribution in [0.3, 0.4) is 0 Å². The molecule has 146 valence electrons. The summed E-state index contributed by atoms with van der Waals surface area (Å²) in [7, 11) is 0. The van der Waals surface area contributed by atoms with Crippen molar-refractivity contribution >= 4 is 28.4 Å². The van der Waals surface area contributed by atoms with Gasteiger partial charge in [-0.15, -0.1) is 0 Å². The fourth-order valence-corrected chi connectivity index (χ4v) is 3.13. The third kappa shape index (κ3) is 4.97. The Labute approximate surface area is 164 Å². The molecule has 3 rings (SSSR count). The minimum atomic E-state index is -0.748. The molecule has 0 bridgehead atoms. The highest BCUT2D eigenvalue weighted by molar-refractivity contribution is 5.92. The van der Waals surface area contributed by atoms with E-state index < -0.39 is 5.97 Å². The molecule has 0 saturated carbocycles. The van der Waals surface area contributed by atoms with Gasteiger partial charge >= 0.3 is 5.97 Å². The molecule has 3 aromatic rings. The van der Waals surface area contributed by atoms with E-state index in [1.165, 1.54) is 0 Å². The Hall–Kier alpha value is -3.15. The van der Waals surface area contributed by atoms with Crippen LogP contribution in [0.2, 0.25) is 0 Å². The van der Waals surface area contributed by atoms with Gasteiger partial charge in [0.2, 0.25) is 0 Å². The van der Waals surface area contributed by atoms with Gasteiger partial charge in [-0.2, -0.15) is 0 Å². The van der Waals surface area contributed by atoms with Gasteiger partial charge in [-0.05, 0) is 56.5 Å². The lowest BCUT2D eigenvalue weighted by Crippen LogP contribution is -2.17. The molecule has 0 aliphatic carbocycles. The first kappa shape index (κ1) is 19.6. The summed E-state index contributed by atoms with van der Waals surface area (Å²) in [6, 6.07) is 16.0. The van der Waals surface area contributed by atoms with Gasteiger partial charge < -0.3 is 14.7 Å². The number of anilines is 2. The van der Waals surface area contributed by atoms with Crippen LogP contribution in [0.15, 0.2) is 54.9 Å². The Morgan fingerprint density at radius 2 is 1.89 bits per heavy atom. The van der Waals surface area contributed by atoms with Gasteiger partial charge in [0.25, 0.3) is 0 Å². The lowest BCUT2D eigenvalue weighted by molar-refractivity contribution is -0.137. The molecule has 1 heterocycles. The van der Waals surface area contributed by atoms with Crippen LogP contribution < -0.4 is 9.64 Å². The summed E-state index contributed by atoms with van der Waals surface area (Å²) in [5.74, 6) is 0.873. The van der Waals surface area contributed by atoms with Crippen molar-refractivity contribution in [2.24, 2.45) is 0 Å². The Morgan fingerprint density at radius 3 is 2.64 bits per heavy atom. The molecule has 1 aromatic heterocycles. The average Bonchev–Trinajstić information content (AvgIpc) is 2.72. The van der Waals surface area contributed by atoms with E-state index in [4.69, 9.17) is 9.84 Å². The van der Waals surface area contributed by atoms with Gasteiger partial charge in [0, 0.05) is 24.0 Å². The highest BCUT2D eigenvalue weighted by atomic mass is 16.5. The SMILES string of the molecule is CCN(c1ccccc1)c1ncnc2ccc(OCCCCCC(=O)O)cc12. The Bertz CT molecular complexity index is 915.